The van der Waals surface area contributed by atoms with Gasteiger partial charge in [0, 0.05) is 36.7 Å². The van der Waals surface area contributed by atoms with Crippen LogP contribution in [0, 0.1) is 0 Å². The molecule has 1 atom stereocenters. The van der Waals surface area contributed by atoms with Gasteiger partial charge >= 0.3 is 0 Å². The summed E-state index contributed by atoms with van der Waals surface area (Å²) in [6, 6.07) is 10.4. The average molecular weight is 483 g/mol. The van der Waals surface area contributed by atoms with Gasteiger partial charge in [-0.15, -0.1) is 11.3 Å². The number of likely N-dealkylation sites (N-methyl/N-ethyl adjacent to an activating group) is 1. The predicted molar refractivity (Wildman–Crippen MR) is 136 cm³/mol. The molecule has 2 aliphatic rings. The monoisotopic (exact) mass is 482 g/mol. The zero-order chi connectivity index (χ0) is 22.8. The summed E-state index contributed by atoms with van der Waals surface area (Å²) in [7, 11) is 2.11. The number of nitrogens with zero attached hydrogens (tertiary/aromatic N) is 3. The van der Waals surface area contributed by atoms with Gasteiger partial charge in [-0.3, -0.25) is 9.59 Å². The van der Waals surface area contributed by atoms with Crippen LogP contribution in [0.5, 0.6) is 0 Å². The van der Waals surface area contributed by atoms with Gasteiger partial charge in [-0.25, -0.2) is 4.98 Å². The Kier molecular flexibility index (Phi) is 6.85. The number of hydrogen-bond donors (Lipinski definition) is 1. The maximum atomic E-state index is 13.1. The van der Waals surface area contributed by atoms with Crippen molar-refractivity contribution in [1.29, 1.82) is 0 Å². The summed E-state index contributed by atoms with van der Waals surface area (Å²) in [6.45, 7) is 2.52. The summed E-state index contributed by atoms with van der Waals surface area (Å²) in [5, 5.41) is 0.806. The standard InChI is InChI=1S/C25H30N4O2S2/c1-28-12-13-29(19(15-28)17-7-3-2-4-8-17)22(30)11-14-32-16-21-26-24(31)23-18-9-5-6-10-20(18)33-25(23)27-21/h2-4,7-8,19H,5-6,9-16H2,1H3,(H,26,27,31). The number of piperazine rings is 1. The van der Waals surface area contributed by atoms with Gasteiger partial charge in [0.25, 0.3) is 5.56 Å². The molecule has 1 N–H and O–H groups in total. The van der Waals surface area contributed by atoms with E-state index in [1.165, 1.54) is 22.4 Å². The number of aryl methyl sites for hydroxylation is 2. The normalized spacial score (nSPS) is 19.1. The second kappa shape index (κ2) is 9.99. The Labute approximate surface area is 202 Å². The number of carbonyl (C=O) groups is 1. The lowest BCUT2D eigenvalue weighted by molar-refractivity contribution is -0.135. The highest BCUT2D eigenvalue weighted by atomic mass is 32.2. The fraction of sp³-hybridized carbons (Fsp3) is 0.480. The number of rotatable bonds is 6. The minimum atomic E-state index is -0.00536. The first kappa shape index (κ1) is 22.6. The van der Waals surface area contributed by atoms with Crippen LogP contribution in [0.15, 0.2) is 35.1 Å². The number of fused-ring (bicyclic) bond motifs is 3. The summed E-state index contributed by atoms with van der Waals surface area (Å²) in [5.74, 6) is 2.25. The van der Waals surface area contributed by atoms with Gasteiger partial charge in [0.1, 0.15) is 10.7 Å². The van der Waals surface area contributed by atoms with E-state index in [1.54, 1.807) is 23.1 Å². The van der Waals surface area contributed by atoms with Crippen molar-refractivity contribution in [2.24, 2.45) is 0 Å². The van der Waals surface area contributed by atoms with E-state index in [-0.39, 0.29) is 17.5 Å². The van der Waals surface area contributed by atoms with Crippen molar-refractivity contribution in [2.75, 3.05) is 32.4 Å². The van der Waals surface area contributed by atoms with Crippen LogP contribution in [-0.2, 0) is 23.4 Å². The first-order valence-corrected chi connectivity index (χ1v) is 13.7. The molecule has 1 fully saturated rings. The third kappa shape index (κ3) is 4.88. The number of aromatic amines is 1. The predicted octanol–water partition coefficient (Wildman–Crippen LogP) is 4.00. The molecule has 8 heteroatoms. The van der Waals surface area contributed by atoms with E-state index < -0.39 is 0 Å². The summed E-state index contributed by atoms with van der Waals surface area (Å²) >= 11 is 3.35. The van der Waals surface area contributed by atoms with Gasteiger partial charge in [0.15, 0.2) is 0 Å². The maximum absolute atomic E-state index is 13.1. The quantitative estimate of drug-likeness (QED) is 0.538. The molecule has 0 spiro atoms. The van der Waals surface area contributed by atoms with E-state index >= 15 is 0 Å². The minimum Gasteiger partial charge on any atom is -0.333 e. The van der Waals surface area contributed by atoms with Crippen molar-refractivity contribution in [3.05, 3.63) is 62.5 Å². The molecule has 3 aromatic rings. The van der Waals surface area contributed by atoms with Crippen LogP contribution in [0.25, 0.3) is 10.2 Å². The average Bonchev–Trinajstić information content (AvgIpc) is 3.21. The molecule has 1 aliphatic heterocycles. The van der Waals surface area contributed by atoms with Gasteiger partial charge in [-0.2, -0.15) is 11.8 Å². The first-order valence-electron chi connectivity index (χ1n) is 11.7. The first-order chi connectivity index (χ1) is 16.1. The number of amides is 1. The maximum Gasteiger partial charge on any atom is 0.259 e. The number of benzene rings is 1. The smallest absolute Gasteiger partial charge is 0.259 e. The molecule has 1 aromatic carbocycles. The fourth-order valence-corrected chi connectivity index (χ4v) is 7.00. The van der Waals surface area contributed by atoms with E-state index in [4.69, 9.17) is 4.98 Å². The Hall–Kier alpha value is -2.16. The summed E-state index contributed by atoms with van der Waals surface area (Å²) in [5.41, 5.74) is 2.41. The molecule has 0 bridgehead atoms. The third-order valence-corrected chi connectivity index (χ3v) is 8.82. The topological polar surface area (TPSA) is 69.3 Å². The van der Waals surface area contributed by atoms with Gasteiger partial charge in [-0.1, -0.05) is 30.3 Å². The van der Waals surface area contributed by atoms with Gasteiger partial charge < -0.3 is 14.8 Å². The Bertz CT molecular complexity index is 1190. The van der Waals surface area contributed by atoms with Crippen LogP contribution >= 0.6 is 23.1 Å². The Morgan fingerprint density at radius 3 is 2.88 bits per heavy atom. The number of H-pyrrole nitrogens is 1. The Balaban J connectivity index is 1.20. The molecule has 33 heavy (non-hydrogen) atoms. The number of hydrogen-bond acceptors (Lipinski definition) is 6. The molecule has 3 heterocycles. The van der Waals surface area contributed by atoms with Crippen LogP contribution in [-0.4, -0.2) is 58.1 Å². The third-order valence-electron chi connectivity index (χ3n) is 6.66. The molecule has 1 saturated heterocycles. The SMILES string of the molecule is CN1CCN(C(=O)CCSCc2nc3sc4c(c3c(=O)[nH]2)CCCC4)C(c2ccccc2)C1. The summed E-state index contributed by atoms with van der Waals surface area (Å²) in [4.78, 5) is 40.1. The highest BCUT2D eigenvalue weighted by molar-refractivity contribution is 7.98. The lowest BCUT2D eigenvalue weighted by Crippen LogP contribution is -2.49. The van der Waals surface area contributed by atoms with Crippen LogP contribution in [0.1, 0.15) is 47.1 Å². The van der Waals surface area contributed by atoms with E-state index in [0.29, 0.717) is 18.0 Å². The minimum absolute atomic E-state index is 0.00536. The van der Waals surface area contributed by atoms with Crippen molar-refractivity contribution in [1.82, 2.24) is 19.8 Å². The van der Waals surface area contributed by atoms with Crippen molar-refractivity contribution in [2.45, 2.75) is 43.9 Å². The molecular formula is C25H30N4O2S2. The lowest BCUT2D eigenvalue weighted by atomic mass is 9.97. The largest absolute Gasteiger partial charge is 0.333 e. The van der Waals surface area contributed by atoms with Crippen LogP contribution in [0.3, 0.4) is 0 Å². The number of carbonyl (C=O) groups excluding carboxylic acids is 1. The number of thiophene rings is 1. The fourth-order valence-electron chi connectivity index (χ4n) is 4.93. The number of thioether (sulfide) groups is 1. The highest BCUT2D eigenvalue weighted by Crippen LogP contribution is 2.33. The molecule has 2 aromatic heterocycles. The molecule has 1 unspecified atom stereocenters. The summed E-state index contributed by atoms with van der Waals surface area (Å²) < 4.78 is 0. The zero-order valence-corrected chi connectivity index (χ0v) is 20.6. The molecule has 5 rings (SSSR count). The van der Waals surface area contributed by atoms with Crippen molar-refractivity contribution in [3.63, 3.8) is 0 Å². The van der Waals surface area contributed by atoms with Gasteiger partial charge in [0.2, 0.25) is 5.91 Å². The Morgan fingerprint density at radius 2 is 2.03 bits per heavy atom. The summed E-state index contributed by atoms with van der Waals surface area (Å²) in [6.07, 6.45) is 4.91. The van der Waals surface area contributed by atoms with Crippen molar-refractivity contribution in [3.8, 4) is 0 Å². The van der Waals surface area contributed by atoms with Crippen LogP contribution in [0.2, 0.25) is 0 Å². The Morgan fingerprint density at radius 1 is 1.21 bits per heavy atom. The molecule has 0 saturated carbocycles. The molecule has 1 aliphatic carbocycles. The van der Waals surface area contributed by atoms with E-state index in [2.05, 4.69) is 29.1 Å². The molecule has 174 valence electrons. The second-order valence-corrected chi connectivity index (χ2v) is 11.2. The molecular weight excluding hydrogens is 452 g/mol. The zero-order valence-electron chi connectivity index (χ0n) is 19.0. The van der Waals surface area contributed by atoms with E-state index in [0.717, 1.165) is 54.9 Å². The van der Waals surface area contributed by atoms with Crippen molar-refractivity contribution < 1.29 is 4.79 Å². The molecule has 1 amide bonds. The van der Waals surface area contributed by atoms with Crippen molar-refractivity contribution >= 4 is 39.2 Å². The van der Waals surface area contributed by atoms with E-state index in [9.17, 15) is 9.59 Å². The van der Waals surface area contributed by atoms with Crippen LogP contribution in [0.4, 0.5) is 0 Å². The highest BCUT2D eigenvalue weighted by Gasteiger charge is 2.29. The second-order valence-electron chi connectivity index (χ2n) is 8.98. The molecule has 6 nitrogen and oxygen atoms in total. The number of aromatic nitrogens is 2. The van der Waals surface area contributed by atoms with Gasteiger partial charge in [-0.05, 0) is 43.9 Å². The van der Waals surface area contributed by atoms with Crippen LogP contribution < -0.4 is 5.56 Å². The lowest BCUT2D eigenvalue weighted by Gasteiger charge is -2.40. The van der Waals surface area contributed by atoms with E-state index in [1.807, 2.05) is 23.1 Å². The molecule has 0 radical (unpaired) electrons. The number of nitrogens with one attached hydrogen (secondary N) is 1. The van der Waals surface area contributed by atoms with Gasteiger partial charge in [0.05, 0.1) is 17.2 Å².